The van der Waals surface area contributed by atoms with Gasteiger partial charge in [-0.3, -0.25) is 19.2 Å². The van der Waals surface area contributed by atoms with Crippen LogP contribution in [0, 0.1) is 17.8 Å². The van der Waals surface area contributed by atoms with Gasteiger partial charge in [-0.25, -0.2) is 9.59 Å². The summed E-state index contributed by atoms with van der Waals surface area (Å²) < 4.78 is 5.40. The molecule has 5 amide bonds. The number of amides is 5. The summed E-state index contributed by atoms with van der Waals surface area (Å²) in [4.78, 5) is 76.2. The first kappa shape index (κ1) is 31.8. The van der Waals surface area contributed by atoms with Gasteiger partial charge in [0.1, 0.15) is 23.7 Å². The van der Waals surface area contributed by atoms with Crippen LogP contribution in [0.1, 0.15) is 68.7 Å². The summed E-state index contributed by atoms with van der Waals surface area (Å²) >= 11 is 0. The van der Waals surface area contributed by atoms with Crippen molar-refractivity contribution in [2.24, 2.45) is 23.5 Å². The standard InChI is InChI=1S/C25H43N5O7/c1-12(2)17(28-24(36)29-18(13(3)4)23(35)37-25(7,8)9)22(34)30-11-14(5)10-16(30)21(33)27-15(6)19(31)20(26)32/h12-18H,10-11H2,1-9H3,(H2,26,32)(H,27,33)(H2,28,29,36)/t14-,15?,16+,17?,18?/m1/s1. The molecule has 0 radical (unpaired) electrons. The molecule has 1 saturated heterocycles. The van der Waals surface area contributed by atoms with Crippen molar-refractivity contribution < 1.29 is 33.5 Å². The number of nitrogens with zero attached hydrogens (tertiary/aromatic N) is 1. The van der Waals surface area contributed by atoms with Crippen molar-refractivity contribution in [3.63, 3.8) is 0 Å². The van der Waals surface area contributed by atoms with Crippen LogP contribution in [0.3, 0.4) is 0 Å². The molecule has 1 aliphatic rings. The molecule has 0 spiro atoms. The van der Waals surface area contributed by atoms with Gasteiger partial charge in [-0.1, -0.05) is 34.6 Å². The molecule has 5 atom stereocenters. The largest absolute Gasteiger partial charge is 0.458 e. The molecule has 0 bridgehead atoms. The lowest BCUT2D eigenvalue weighted by Crippen LogP contribution is -2.59. The lowest BCUT2D eigenvalue weighted by Gasteiger charge is -2.32. The van der Waals surface area contributed by atoms with E-state index in [2.05, 4.69) is 16.0 Å². The molecule has 0 aliphatic carbocycles. The maximum Gasteiger partial charge on any atom is 0.329 e. The summed E-state index contributed by atoms with van der Waals surface area (Å²) in [5, 5.41) is 7.71. The number of hydrogen-bond donors (Lipinski definition) is 4. The summed E-state index contributed by atoms with van der Waals surface area (Å²) in [6.45, 7) is 15.7. The molecule has 1 fully saturated rings. The van der Waals surface area contributed by atoms with Gasteiger partial charge in [0.2, 0.25) is 17.6 Å². The molecule has 1 rings (SSSR count). The number of esters is 1. The number of rotatable bonds is 10. The van der Waals surface area contributed by atoms with E-state index in [1.807, 2.05) is 6.92 Å². The van der Waals surface area contributed by atoms with Gasteiger partial charge in [-0.2, -0.15) is 0 Å². The van der Waals surface area contributed by atoms with Gasteiger partial charge < -0.3 is 31.3 Å². The van der Waals surface area contributed by atoms with E-state index in [1.54, 1.807) is 48.5 Å². The number of ether oxygens (including phenoxy) is 1. The van der Waals surface area contributed by atoms with Crippen LogP contribution in [0.25, 0.3) is 0 Å². The van der Waals surface area contributed by atoms with Crippen molar-refractivity contribution in [1.82, 2.24) is 20.9 Å². The van der Waals surface area contributed by atoms with Crippen molar-refractivity contribution in [3.8, 4) is 0 Å². The molecule has 1 aliphatic heterocycles. The van der Waals surface area contributed by atoms with Crippen molar-refractivity contribution in [1.29, 1.82) is 0 Å². The van der Waals surface area contributed by atoms with Gasteiger partial charge in [0.05, 0.1) is 6.04 Å². The Morgan fingerprint density at radius 1 is 0.892 bits per heavy atom. The Kier molecular flexibility index (Phi) is 11.1. The first-order valence-electron chi connectivity index (χ1n) is 12.6. The monoisotopic (exact) mass is 525 g/mol. The number of carbonyl (C=O) groups is 6. The molecular weight excluding hydrogens is 482 g/mol. The number of primary amides is 1. The molecule has 0 aromatic carbocycles. The lowest BCUT2D eigenvalue weighted by atomic mass is 10.0. The predicted molar refractivity (Wildman–Crippen MR) is 136 cm³/mol. The average Bonchev–Trinajstić information content (AvgIpc) is 3.14. The molecule has 1 heterocycles. The highest BCUT2D eigenvalue weighted by molar-refractivity contribution is 6.37. The van der Waals surface area contributed by atoms with Crippen molar-refractivity contribution in [3.05, 3.63) is 0 Å². The number of hydrogen-bond acceptors (Lipinski definition) is 7. The van der Waals surface area contributed by atoms with E-state index in [9.17, 15) is 28.8 Å². The number of nitrogens with one attached hydrogen (secondary N) is 3. The van der Waals surface area contributed by atoms with Crippen molar-refractivity contribution in [2.45, 2.75) is 98.5 Å². The molecule has 5 N–H and O–H groups in total. The van der Waals surface area contributed by atoms with Crippen LogP contribution in [0.2, 0.25) is 0 Å². The molecule has 12 nitrogen and oxygen atoms in total. The fraction of sp³-hybridized carbons (Fsp3) is 0.760. The van der Waals surface area contributed by atoms with Crippen LogP contribution in [0.15, 0.2) is 0 Å². The van der Waals surface area contributed by atoms with E-state index in [1.165, 1.54) is 11.8 Å². The van der Waals surface area contributed by atoms with Crippen LogP contribution >= 0.6 is 0 Å². The van der Waals surface area contributed by atoms with Crippen LogP contribution in [-0.2, 0) is 28.7 Å². The molecule has 0 saturated carbocycles. The fourth-order valence-electron chi connectivity index (χ4n) is 4.01. The number of carbonyl (C=O) groups excluding carboxylic acids is 6. The number of urea groups is 1. The van der Waals surface area contributed by atoms with E-state index in [-0.39, 0.29) is 24.3 Å². The summed E-state index contributed by atoms with van der Waals surface area (Å²) in [7, 11) is 0. The van der Waals surface area contributed by atoms with E-state index >= 15 is 0 Å². The normalized spacial score (nSPS) is 20.1. The van der Waals surface area contributed by atoms with E-state index in [0.29, 0.717) is 6.42 Å². The van der Waals surface area contributed by atoms with Crippen LogP contribution < -0.4 is 21.7 Å². The first-order valence-corrected chi connectivity index (χ1v) is 12.6. The number of ketones is 1. The second-order valence-electron chi connectivity index (χ2n) is 11.4. The van der Waals surface area contributed by atoms with Crippen LogP contribution in [-0.4, -0.2) is 76.7 Å². The van der Waals surface area contributed by atoms with Crippen molar-refractivity contribution in [2.75, 3.05) is 6.54 Å². The van der Waals surface area contributed by atoms with Crippen LogP contribution in [0.5, 0.6) is 0 Å². The Bertz CT molecular complexity index is 896. The second-order valence-corrected chi connectivity index (χ2v) is 11.4. The predicted octanol–water partition coefficient (Wildman–Crippen LogP) is 0.473. The maximum atomic E-state index is 13.5. The minimum atomic E-state index is -1.17. The van der Waals surface area contributed by atoms with Gasteiger partial charge in [-0.05, 0) is 51.9 Å². The van der Waals surface area contributed by atoms with Gasteiger partial charge in [-0.15, -0.1) is 0 Å². The fourth-order valence-corrected chi connectivity index (χ4v) is 4.01. The molecule has 210 valence electrons. The van der Waals surface area contributed by atoms with E-state index in [4.69, 9.17) is 10.5 Å². The molecular formula is C25H43N5O7. The third-order valence-electron chi connectivity index (χ3n) is 5.92. The molecule has 0 aromatic rings. The second kappa shape index (κ2) is 12.9. The zero-order chi connectivity index (χ0) is 28.8. The van der Waals surface area contributed by atoms with Gasteiger partial charge >= 0.3 is 12.0 Å². The third kappa shape index (κ3) is 9.32. The zero-order valence-corrected chi connectivity index (χ0v) is 23.3. The lowest BCUT2D eigenvalue weighted by molar-refractivity contribution is -0.158. The van der Waals surface area contributed by atoms with Gasteiger partial charge in [0.25, 0.3) is 5.91 Å². The minimum Gasteiger partial charge on any atom is -0.458 e. The highest BCUT2D eigenvalue weighted by atomic mass is 16.6. The average molecular weight is 526 g/mol. The number of likely N-dealkylation sites (tertiary alicyclic amines) is 1. The Morgan fingerprint density at radius 2 is 1.41 bits per heavy atom. The minimum absolute atomic E-state index is 0.0130. The highest BCUT2D eigenvalue weighted by Crippen LogP contribution is 2.25. The van der Waals surface area contributed by atoms with Crippen LogP contribution in [0.4, 0.5) is 4.79 Å². The quantitative estimate of drug-likeness (QED) is 0.237. The SMILES string of the molecule is CC(NC(=O)[C@@H]1C[C@@H](C)CN1C(=O)C(NC(=O)NC(C(=O)OC(C)(C)C)C(C)C)C(C)C)C(=O)C(N)=O. The summed E-state index contributed by atoms with van der Waals surface area (Å²) in [6.07, 6.45) is 0.347. The maximum absolute atomic E-state index is 13.5. The van der Waals surface area contributed by atoms with E-state index in [0.717, 1.165) is 0 Å². The topological polar surface area (TPSA) is 177 Å². The Balaban J connectivity index is 3.02. The number of nitrogens with two attached hydrogens (primary N) is 1. The summed E-state index contributed by atoms with van der Waals surface area (Å²) in [5.74, 6) is -4.38. The van der Waals surface area contributed by atoms with Crippen molar-refractivity contribution >= 4 is 35.5 Å². The molecule has 0 aromatic heterocycles. The van der Waals surface area contributed by atoms with Gasteiger partial charge in [0, 0.05) is 6.54 Å². The van der Waals surface area contributed by atoms with Gasteiger partial charge in [0.15, 0.2) is 0 Å². The Morgan fingerprint density at radius 3 is 1.86 bits per heavy atom. The first-order chi connectivity index (χ1) is 16.8. The Hall–Kier alpha value is -3.18. The number of Topliss-reactive ketones (excluding diaryl/α,β-unsaturated/α-hetero) is 1. The van der Waals surface area contributed by atoms with E-state index < -0.39 is 65.3 Å². The molecule has 37 heavy (non-hydrogen) atoms. The third-order valence-corrected chi connectivity index (χ3v) is 5.92. The summed E-state index contributed by atoms with van der Waals surface area (Å²) in [5.41, 5.74) is 4.27. The Labute approximate surface area is 218 Å². The molecule has 3 unspecified atom stereocenters. The highest BCUT2D eigenvalue weighted by Gasteiger charge is 2.42. The zero-order valence-electron chi connectivity index (χ0n) is 23.3. The smallest absolute Gasteiger partial charge is 0.329 e. The summed E-state index contributed by atoms with van der Waals surface area (Å²) in [6, 6.07) is -4.66. The molecule has 12 heteroatoms.